The largest absolute Gasteiger partial charge is 0.486 e. The van der Waals surface area contributed by atoms with E-state index in [2.05, 4.69) is 10.3 Å². The number of nitrogens with zero attached hydrogens (tertiary/aromatic N) is 1. The number of carbonyl (C=O) groups is 1. The van der Waals surface area contributed by atoms with Gasteiger partial charge in [-0.05, 0) is 37.6 Å². The minimum absolute atomic E-state index is 0.0333. The SMILES string of the molecule is COCCC(C)NC(=O)Cc1csc(COc2ccc(Cl)cc2)n1. The Morgan fingerprint density at radius 3 is 2.83 bits per heavy atom. The molecule has 5 nitrogen and oxygen atoms in total. The van der Waals surface area contributed by atoms with Gasteiger partial charge in [-0.15, -0.1) is 11.3 Å². The van der Waals surface area contributed by atoms with Gasteiger partial charge in [0.2, 0.25) is 5.91 Å². The molecule has 0 fully saturated rings. The van der Waals surface area contributed by atoms with Gasteiger partial charge in [-0.1, -0.05) is 11.6 Å². The molecule has 2 aromatic rings. The Morgan fingerprint density at radius 2 is 2.12 bits per heavy atom. The third kappa shape index (κ3) is 6.47. The van der Waals surface area contributed by atoms with Crippen LogP contribution in [-0.2, 0) is 22.6 Å². The molecule has 24 heavy (non-hydrogen) atoms. The number of methoxy groups -OCH3 is 1. The highest BCUT2D eigenvalue weighted by molar-refractivity contribution is 7.09. The van der Waals surface area contributed by atoms with Crippen molar-refractivity contribution in [2.75, 3.05) is 13.7 Å². The van der Waals surface area contributed by atoms with E-state index in [1.807, 2.05) is 24.4 Å². The van der Waals surface area contributed by atoms with Gasteiger partial charge in [0.05, 0.1) is 12.1 Å². The lowest BCUT2D eigenvalue weighted by atomic mass is 10.2. The first kappa shape index (κ1) is 18.7. The zero-order chi connectivity index (χ0) is 17.4. The fraction of sp³-hybridized carbons (Fsp3) is 0.412. The number of nitrogens with one attached hydrogen (secondary N) is 1. The molecule has 130 valence electrons. The van der Waals surface area contributed by atoms with Crippen LogP contribution in [0, 0.1) is 0 Å². The summed E-state index contributed by atoms with van der Waals surface area (Å²) in [5.74, 6) is 0.704. The van der Waals surface area contributed by atoms with Gasteiger partial charge in [-0.2, -0.15) is 0 Å². The predicted octanol–water partition coefficient (Wildman–Crippen LogP) is 3.46. The van der Waals surface area contributed by atoms with Crippen LogP contribution in [0.25, 0.3) is 0 Å². The lowest BCUT2D eigenvalue weighted by molar-refractivity contribution is -0.121. The van der Waals surface area contributed by atoms with Crippen LogP contribution in [0.15, 0.2) is 29.6 Å². The van der Waals surface area contributed by atoms with Crippen LogP contribution in [0.3, 0.4) is 0 Å². The Morgan fingerprint density at radius 1 is 1.38 bits per heavy atom. The number of ether oxygens (including phenoxy) is 2. The van der Waals surface area contributed by atoms with E-state index in [-0.39, 0.29) is 18.4 Å². The topological polar surface area (TPSA) is 60.5 Å². The highest BCUT2D eigenvalue weighted by Crippen LogP contribution is 2.18. The molecule has 0 spiro atoms. The van der Waals surface area contributed by atoms with Crippen LogP contribution < -0.4 is 10.1 Å². The summed E-state index contributed by atoms with van der Waals surface area (Å²) < 4.78 is 10.7. The Hall–Kier alpha value is -1.63. The van der Waals surface area contributed by atoms with E-state index in [1.54, 1.807) is 19.2 Å². The average Bonchev–Trinajstić information content (AvgIpc) is 2.99. The molecular formula is C17H21ClN2O3S. The molecular weight excluding hydrogens is 348 g/mol. The number of thiazole rings is 1. The zero-order valence-corrected chi connectivity index (χ0v) is 15.3. The maximum Gasteiger partial charge on any atom is 0.226 e. The fourth-order valence-electron chi connectivity index (χ4n) is 2.03. The van der Waals surface area contributed by atoms with Crippen molar-refractivity contribution >= 4 is 28.8 Å². The molecule has 1 heterocycles. The summed E-state index contributed by atoms with van der Waals surface area (Å²) in [6, 6.07) is 7.26. The van der Waals surface area contributed by atoms with Crippen molar-refractivity contribution in [1.82, 2.24) is 10.3 Å². The molecule has 1 N–H and O–H groups in total. The lowest BCUT2D eigenvalue weighted by Crippen LogP contribution is -2.34. The van der Waals surface area contributed by atoms with E-state index in [0.29, 0.717) is 18.2 Å². The molecule has 1 aromatic heterocycles. The summed E-state index contributed by atoms with van der Waals surface area (Å²) in [6.45, 7) is 2.96. The summed E-state index contributed by atoms with van der Waals surface area (Å²) in [5.41, 5.74) is 0.756. The molecule has 0 aliphatic heterocycles. The normalized spacial score (nSPS) is 12.0. The predicted molar refractivity (Wildman–Crippen MR) is 95.7 cm³/mol. The molecule has 1 atom stereocenters. The van der Waals surface area contributed by atoms with Crippen molar-refractivity contribution < 1.29 is 14.3 Å². The Labute approximate surface area is 151 Å². The summed E-state index contributed by atoms with van der Waals surface area (Å²) in [6.07, 6.45) is 1.06. The molecule has 0 aliphatic carbocycles. The van der Waals surface area contributed by atoms with Gasteiger partial charge in [0, 0.05) is 30.2 Å². The highest BCUT2D eigenvalue weighted by atomic mass is 35.5. The quantitative estimate of drug-likeness (QED) is 0.736. The van der Waals surface area contributed by atoms with Crippen LogP contribution >= 0.6 is 22.9 Å². The van der Waals surface area contributed by atoms with Crippen molar-refractivity contribution in [3.63, 3.8) is 0 Å². The van der Waals surface area contributed by atoms with E-state index >= 15 is 0 Å². The fourth-order valence-corrected chi connectivity index (χ4v) is 2.86. The molecule has 0 radical (unpaired) electrons. The number of benzene rings is 1. The van der Waals surface area contributed by atoms with Crippen molar-refractivity contribution in [2.24, 2.45) is 0 Å². The van der Waals surface area contributed by atoms with Crippen LogP contribution in [0.5, 0.6) is 5.75 Å². The number of rotatable bonds is 9. The monoisotopic (exact) mass is 368 g/mol. The Balaban J connectivity index is 1.77. The van der Waals surface area contributed by atoms with Crippen molar-refractivity contribution in [2.45, 2.75) is 32.4 Å². The third-order valence-corrected chi connectivity index (χ3v) is 4.40. The second-order valence-electron chi connectivity index (χ2n) is 5.40. The number of aromatic nitrogens is 1. The minimum Gasteiger partial charge on any atom is -0.486 e. The van der Waals surface area contributed by atoms with Crippen LogP contribution in [0.4, 0.5) is 0 Å². The number of carbonyl (C=O) groups excluding carboxylic acids is 1. The molecule has 0 aliphatic rings. The average molecular weight is 369 g/mol. The molecule has 7 heteroatoms. The summed E-state index contributed by atoms with van der Waals surface area (Å²) in [7, 11) is 1.65. The van der Waals surface area contributed by atoms with Gasteiger partial charge < -0.3 is 14.8 Å². The zero-order valence-electron chi connectivity index (χ0n) is 13.8. The number of amides is 1. The molecule has 0 saturated heterocycles. The molecule has 1 amide bonds. The number of halogens is 1. The van der Waals surface area contributed by atoms with Gasteiger partial charge in [-0.3, -0.25) is 4.79 Å². The number of hydrogen-bond donors (Lipinski definition) is 1. The van der Waals surface area contributed by atoms with Crippen molar-refractivity contribution in [1.29, 1.82) is 0 Å². The van der Waals surface area contributed by atoms with E-state index in [9.17, 15) is 4.79 Å². The summed E-state index contributed by atoms with van der Waals surface area (Å²) >= 11 is 7.32. The first-order chi connectivity index (χ1) is 11.6. The second kappa shape index (κ2) is 9.61. The van der Waals surface area contributed by atoms with E-state index < -0.39 is 0 Å². The van der Waals surface area contributed by atoms with Crippen LogP contribution in [0.1, 0.15) is 24.0 Å². The molecule has 0 bridgehead atoms. The number of hydrogen-bond acceptors (Lipinski definition) is 5. The summed E-state index contributed by atoms with van der Waals surface area (Å²) in [4.78, 5) is 16.4. The Bertz CT molecular complexity index is 646. The van der Waals surface area contributed by atoms with Gasteiger partial charge in [0.1, 0.15) is 17.4 Å². The van der Waals surface area contributed by atoms with Gasteiger partial charge in [0.25, 0.3) is 0 Å². The first-order valence-electron chi connectivity index (χ1n) is 7.66. The van der Waals surface area contributed by atoms with Gasteiger partial charge in [0.15, 0.2) is 0 Å². The van der Waals surface area contributed by atoms with E-state index in [4.69, 9.17) is 21.1 Å². The molecule has 1 unspecified atom stereocenters. The maximum absolute atomic E-state index is 12.0. The molecule has 2 rings (SSSR count). The third-order valence-electron chi connectivity index (χ3n) is 3.28. The minimum atomic E-state index is -0.0333. The van der Waals surface area contributed by atoms with Crippen molar-refractivity contribution in [3.8, 4) is 5.75 Å². The maximum atomic E-state index is 12.0. The lowest BCUT2D eigenvalue weighted by Gasteiger charge is -2.12. The molecule has 1 aromatic carbocycles. The molecule has 0 saturated carbocycles. The van der Waals surface area contributed by atoms with Crippen LogP contribution in [0.2, 0.25) is 5.02 Å². The van der Waals surface area contributed by atoms with Gasteiger partial charge >= 0.3 is 0 Å². The standard InChI is InChI=1S/C17H21ClN2O3S/c1-12(7-8-22-2)19-16(21)9-14-11-24-17(20-14)10-23-15-5-3-13(18)4-6-15/h3-6,11-12H,7-10H2,1-2H3,(H,19,21). The van der Waals surface area contributed by atoms with Crippen molar-refractivity contribution in [3.05, 3.63) is 45.4 Å². The van der Waals surface area contributed by atoms with E-state index in [0.717, 1.165) is 22.9 Å². The van der Waals surface area contributed by atoms with E-state index in [1.165, 1.54) is 11.3 Å². The van der Waals surface area contributed by atoms with Gasteiger partial charge in [-0.25, -0.2) is 4.98 Å². The summed E-state index contributed by atoms with van der Waals surface area (Å²) in [5, 5.41) is 6.33. The first-order valence-corrected chi connectivity index (χ1v) is 8.92. The highest BCUT2D eigenvalue weighted by Gasteiger charge is 2.11. The Kier molecular flexibility index (Phi) is 7.49. The smallest absolute Gasteiger partial charge is 0.226 e. The second-order valence-corrected chi connectivity index (χ2v) is 6.78. The van der Waals surface area contributed by atoms with Crippen LogP contribution in [-0.4, -0.2) is 30.6 Å².